The summed E-state index contributed by atoms with van der Waals surface area (Å²) in [6.07, 6.45) is 8.29. The zero-order valence-electron chi connectivity index (χ0n) is 13.7. The quantitative estimate of drug-likeness (QED) is 0.641. The van der Waals surface area contributed by atoms with Crippen molar-refractivity contribution in [2.24, 2.45) is 11.3 Å². The van der Waals surface area contributed by atoms with Crippen molar-refractivity contribution in [3.8, 4) is 0 Å². The standard InChI is InChI=1S/C20H28/c1-15-6-8-17(9-7-15)12-16(2)13-18-10-11-19(14-18)20(3,4)5/h6-11,16H,12-14H2,1-5H3. The van der Waals surface area contributed by atoms with Gasteiger partial charge in [-0.05, 0) is 43.1 Å². The van der Waals surface area contributed by atoms with Crippen LogP contribution in [-0.4, -0.2) is 0 Å². The van der Waals surface area contributed by atoms with Crippen LogP contribution >= 0.6 is 0 Å². The van der Waals surface area contributed by atoms with Crippen LogP contribution < -0.4 is 0 Å². The van der Waals surface area contributed by atoms with E-state index in [-0.39, 0.29) is 0 Å². The van der Waals surface area contributed by atoms with E-state index in [0.29, 0.717) is 5.41 Å². The van der Waals surface area contributed by atoms with Gasteiger partial charge >= 0.3 is 0 Å². The number of benzene rings is 1. The highest BCUT2D eigenvalue weighted by molar-refractivity contribution is 5.34. The van der Waals surface area contributed by atoms with E-state index in [1.807, 2.05) is 0 Å². The van der Waals surface area contributed by atoms with Crippen molar-refractivity contribution in [1.29, 1.82) is 0 Å². The summed E-state index contributed by atoms with van der Waals surface area (Å²) in [7, 11) is 0. The lowest BCUT2D eigenvalue weighted by molar-refractivity contribution is 0.487. The topological polar surface area (TPSA) is 0 Å². The largest absolute Gasteiger partial charge is 0.0659 e. The maximum absolute atomic E-state index is 2.37. The van der Waals surface area contributed by atoms with Crippen molar-refractivity contribution in [3.63, 3.8) is 0 Å². The highest BCUT2D eigenvalue weighted by atomic mass is 14.3. The third kappa shape index (κ3) is 4.10. The third-order valence-electron chi connectivity index (χ3n) is 4.22. The lowest BCUT2D eigenvalue weighted by Gasteiger charge is -2.21. The molecule has 1 aromatic carbocycles. The predicted octanol–water partition coefficient (Wildman–Crippen LogP) is 5.87. The van der Waals surface area contributed by atoms with Gasteiger partial charge in [0, 0.05) is 0 Å². The molecule has 0 aliphatic heterocycles. The highest BCUT2D eigenvalue weighted by Crippen LogP contribution is 2.36. The smallest absolute Gasteiger partial charge is 0.00969 e. The molecule has 0 bridgehead atoms. The van der Waals surface area contributed by atoms with Crippen LogP contribution in [0.2, 0.25) is 0 Å². The van der Waals surface area contributed by atoms with E-state index in [1.165, 1.54) is 30.4 Å². The maximum atomic E-state index is 2.37. The fourth-order valence-corrected chi connectivity index (χ4v) is 2.88. The first kappa shape index (κ1) is 15.1. The Bertz CT molecular complexity index is 506. The van der Waals surface area contributed by atoms with E-state index >= 15 is 0 Å². The van der Waals surface area contributed by atoms with Crippen molar-refractivity contribution < 1.29 is 0 Å². The summed E-state index contributed by atoms with van der Waals surface area (Å²) in [5.41, 5.74) is 6.31. The average molecular weight is 268 g/mol. The molecule has 0 fully saturated rings. The molecule has 0 heterocycles. The van der Waals surface area contributed by atoms with E-state index < -0.39 is 0 Å². The van der Waals surface area contributed by atoms with Gasteiger partial charge in [-0.15, -0.1) is 0 Å². The lowest BCUT2D eigenvalue weighted by Crippen LogP contribution is -2.09. The van der Waals surface area contributed by atoms with Crippen LogP contribution in [0.3, 0.4) is 0 Å². The van der Waals surface area contributed by atoms with E-state index in [1.54, 1.807) is 11.1 Å². The fraction of sp³-hybridized carbons (Fsp3) is 0.500. The van der Waals surface area contributed by atoms with Gasteiger partial charge in [0.1, 0.15) is 0 Å². The van der Waals surface area contributed by atoms with Gasteiger partial charge in [0.25, 0.3) is 0 Å². The molecule has 1 aliphatic rings. The Hall–Kier alpha value is -1.30. The monoisotopic (exact) mass is 268 g/mol. The summed E-state index contributed by atoms with van der Waals surface area (Å²) in [5, 5.41) is 0. The van der Waals surface area contributed by atoms with E-state index in [0.717, 1.165) is 5.92 Å². The molecule has 2 rings (SSSR count). The summed E-state index contributed by atoms with van der Waals surface area (Å²) in [6.45, 7) is 11.5. The molecule has 0 amide bonds. The number of aryl methyl sites for hydroxylation is 1. The molecule has 1 unspecified atom stereocenters. The molecule has 108 valence electrons. The molecule has 1 atom stereocenters. The van der Waals surface area contributed by atoms with Crippen LogP contribution in [0, 0.1) is 18.3 Å². The van der Waals surface area contributed by atoms with Crippen molar-refractivity contribution in [2.75, 3.05) is 0 Å². The molecule has 0 nitrogen and oxygen atoms in total. The van der Waals surface area contributed by atoms with Crippen LogP contribution in [0.5, 0.6) is 0 Å². The second-order valence-corrected chi connectivity index (χ2v) is 7.44. The van der Waals surface area contributed by atoms with Gasteiger partial charge in [-0.2, -0.15) is 0 Å². The Morgan fingerprint density at radius 1 is 1.00 bits per heavy atom. The van der Waals surface area contributed by atoms with Gasteiger partial charge in [0.15, 0.2) is 0 Å². The van der Waals surface area contributed by atoms with E-state index in [4.69, 9.17) is 0 Å². The molecular formula is C20H28. The minimum atomic E-state index is 0.318. The molecule has 0 heteroatoms. The minimum Gasteiger partial charge on any atom is -0.0659 e. The number of hydrogen-bond acceptors (Lipinski definition) is 0. The van der Waals surface area contributed by atoms with Crippen LogP contribution in [-0.2, 0) is 6.42 Å². The van der Waals surface area contributed by atoms with Crippen molar-refractivity contribution >= 4 is 0 Å². The normalized spacial score (nSPS) is 16.9. The van der Waals surface area contributed by atoms with Gasteiger partial charge in [0.2, 0.25) is 0 Å². The molecular weight excluding hydrogens is 240 g/mol. The number of hydrogen-bond donors (Lipinski definition) is 0. The third-order valence-corrected chi connectivity index (χ3v) is 4.22. The zero-order chi connectivity index (χ0) is 14.8. The second kappa shape index (κ2) is 5.99. The Balaban J connectivity index is 1.85. The van der Waals surface area contributed by atoms with Gasteiger partial charge in [0.05, 0.1) is 0 Å². The van der Waals surface area contributed by atoms with Crippen molar-refractivity contribution in [2.45, 2.75) is 53.9 Å². The number of rotatable bonds is 4. The minimum absolute atomic E-state index is 0.318. The summed E-state index contributed by atoms with van der Waals surface area (Å²) in [5.74, 6) is 0.719. The first-order valence-corrected chi connectivity index (χ1v) is 7.79. The molecule has 20 heavy (non-hydrogen) atoms. The van der Waals surface area contributed by atoms with Gasteiger partial charge in [-0.1, -0.05) is 80.8 Å². The van der Waals surface area contributed by atoms with Crippen LogP contribution in [0.15, 0.2) is 47.6 Å². The van der Waals surface area contributed by atoms with Crippen molar-refractivity contribution in [3.05, 3.63) is 58.7 Å². The molecule has 0 saturated carbocycles. The molecule has 1 aromatic rings. The molecule has 0 radical (unpaired) electrons. The number of allylic oxidation sites excluding steroid dienone is 4. The maximum Gasteiger partial charge on any atom is -0.00969 e. The van der Waals surface area contributed by atoms with Gasteiger partial charge in [-0.3, -0.25) is 0 Å². The van der Waals surface area contributed by atoms with Crippen LogP contribution in [0.25, 0.3) is 0 Å². The Kier molecular flexibility index (Phi) is 4.52. The Morgan fingerprint density at radius 2 is 1.65 bits per heavy atom. The second-order valence-electron chi connectivity index (χ2n) is 7.44. The van der Waals surface area contributed by atoms with Gasteiger partial charge in [-0.25, -0.2) is 0 Å². The fourth-order valence-electron chi connectivity index (χ4n) is 2.88. The zero-order valence-corrected chi connectivity index (χ0v) is 13.7. The van der Waals surface area contributed by atoms with E-state index in [2.05, 4.69) is 71.0 Å². The summed E-state index contributed by atoms with van der Waals surface area (Å²) in [4.78, 5) is 0. The Labute approximate surface area is 124 Å². The molecule has 0 spiro atoms. The highest BCUT2D eigenvalue weighted by Gasteiger charge is 2.21. The first-order valence-electron chi connectivity index (χ1n) is 7.79. The SMILES string of the molecule is Cc1ccc(CC(C)CC2=CC=C(C(C)(C)C)C2)cc1. The van der Waals surface area contributed by atoms with Gasteiger partial charge < -0.3 is 0 Å². The Morgan fingerprint density at radius 3 is 2.20 bits per heavy atom. The molecule has 0 saturated heterocycles. The molecule has 1 aliphatic carbocycles. The van der Waals surface area contributed by atoms with E-state index in [9.17, 15) is 0 Å². The molecule has 0 N–H and O–H groups in total. The summed E-state index contributed by atoms with van der Waals surface area (Å²) in [6, 6.07) is 8.98. The van der Waals surface area contributed by atoms with Crippen LogP contribution in [0.1, 0.15) is 51.7 Å². The molecule has 0 aromatic heterocycles. The summed E-state index contributed by atoms with van der Waals surface area (Å²) < 4.78 is 0. The predicted molar refractivity (Wildman–Crippen MR) is 88.9 cm³/mol. The van der Waals surface area contributed by atoms with Crippen LogP contribution in [0.4, 0.5) is 0 Å². The first-order chi connectivity index (χ1) is 9.34. The van der Waals surface area contributed by atoms with Crippen molar-refractivity contribution in [1.82, 2.24) is 0 Å². The average Bonchev–Trinajstić information content (AvgIpc) is 2.80. The summed E-state index contributed by atoms with van der Waals surface area (Å²) >= 11 is 0. The lowest BCUT2D eigenvalue weighted by atomic mass is 9.83.